The van der Waals surface area contributed by atoms with Crippen molar-refractivity contribution >= 4 is 28.6 Å². The molecule has 1 saturated heterocycles. The molecular weight excluding hydrogens is 552 g/mol. The number of halogens is 1. The fourth-order valence-corrected chi connectivity index (χ4v) is 5.49. The van der Waals surface area contributed by atoms with Crippen molar-refractivity contribution in [1.29, 1.82) is 5.41 Å². The second-order valence-electron chi connectivity index (χ2n) is 13.2. The van der Waals surface area contributed by atoms with Gasteiger partial charge in [0.1, 0.15) is 11.5 Å². The maximum Gasteiger partial charge on any atom is 0.182 e. The third-order valence-electron chi connectivity index (χ3n) is 7.43. The Morgan fingerprint density at radius 3 is 2.18 bits per heavy atom. The zero-order chi connectivity index (χ0) is 28.4. The van der Waals surface area contributed by atoms with Crippen molar-refractivity contribution in [3.8, 4) is 11.5 Å². The number of benzene rings is 2. The van der Waals surface area contributed by atoms with E-state index in [1.165, 1.54) is 0 Å². The minimum absolute atomic E-state index is 0. The van der Waals surface area contributed by atoms with Gasteiger partial charge in [0.05, 0.1) is 18.5 Å². The normalized spacial score (nSPS) is 17.9. The van der Waals surface area contributed by atoms with E-state index in [4.69, 9.17) is 10.1 Å². The summed E-state index contributed by atoms with van der Waals surface area (Å²) in [5.74, 6) is 1.76. The molecule has 0 aliphatic carbocycles. The van der Waals surface area contributed by atoms with E-state index in [2.05, 4.69) is 60.6 Å². The van der Waals surface area contributed by atoms with Crippen molar-refractivity contribution in [2.45, 2.75) is 111 Å². The number of ketones is 1. The van der Waals surface area contributed by atoms with Gasteiger partial charge in [-0.3, -0.25) is 10.2 Å². The highest BCUT2D eigenvalue weighted by molar-refractivity contribution is 8.93. The quantitative estimate of drug-likeness (QED) is 0.284. The monoisotopic (exact) mass is 600 g/mol. The SMILES string of the molecule is Br.CCCC1CC(Cc2cccc(OC(C)C)c2)C(=N)N1CC(=O)c1cc(C(C)(C)C)c(O)c(C(C)(C)C)c1. The molecule has 2 atom stereocenters. The van der Waals surface area contributed by atoms with Crippen molar-refractivity contribution in [2.75, 3.05) is 6.54 Å². The fourth-order valence-electron chi connectivity index (χ4n) is 5.49. The van der Waals surface area contributed by atoms with Gasteiger partial charge in [-0.1, -0.05) is 67.0 Å². The largest absolute Gasteiger partial charge is 0.507 e. The lowest BCUT2D eigenvalue weighted by molar-refractivity contribution is 0.0950. The molecule has 0 aromatic heterocycles. The summed E-state index contributed by atoms with van der Waals surface area (Å²) in [6.45, 7) is 18.7. The Labute approximate surface area is 246 Å². The fraction of sp³-hybridized carbons (Fsp3) is 0.576. The number of nitrogens with zero attached hydrogens (tertiary/aromatic N) is 1. The van der Waals surface area contributed by atoms with Gasteiger partial charge in [0.25, 0.3) is 0 Å². The maximum atomic E-state index is 13.7. The molecule has 0 saturated carbocycles. The molecule has 39 heavy (non-hydrogen) atoms. The van der Waals surface area contributed by atoms with E-state index in [0.29, 0.717) is 11.4 Å². The highest BCUT2D eigenvalue weighted by atomic mass is 79.9. The molecule has 2 aromatic carbocycles. The average molecular weight is 602 g/mol. The third kappa shape index (κ3) is 8.09. The Morgan fingerprint density at radius 2 is 1.67 bits per heavy atom. The van der Waals surface area contributed by atoms with Gasteiger partial charge in [0.15, 0.2) is 5.78 Å². The molecule has 0 bridgehead atoms. The summed E-state index contributed by atoms with van der Waals surface area (Å²) in [7, 11) is 0. The van der Waals surface area contributed by atoms with Gasteiger partial charge in [-0.05, 0) is 73.8 Å². The number of hydrogen-bond acceptors (Lipinski definition) is 4. The lowest BCUT2D eigenvalue weighted by Crippen LogP contribution is -2.38. The molecule has 0 spiro atoms. The number of amidine groups is 1. The van der Waals surface area contributed by atoms with E-state index >= 15 is 0 Å². The number of aromatic hydroxyl groups is 1. The van der Waals surface area contributed by atoms with Gasteiger partial charge in [0.2, 0.25) is 0 Å². The molecule has 1 aliphatic rings. The molecule has 1 aliphatic heterocycles. The van der Waals surface area contributed by atoms with Crippen molar-refractivity contribution in [1.82, 2.24) is 4.90 Å². The Hall–Kier alpha value is -2.34. The van der Waals surface area contributed by atoms with Gasteiger partial charge in [0, 0.05) is 28.7 Å². The Bertz CT molecular complexity index is 1130. The standard InChI is InChI=1S/C33H48N2O3.BrH/c1-10-12-25-17-24(15-22-13-11-14-26(16-22)38-21(2)3)31(34)35(25)20-29(36)23-18-27(32(4,5)6)30(37)28(19-23)33(7,8)9;/h11,13-14,16,18-19,21,24-25,34,37H,10,12,15,17,20H2,1-9H3;1H. The van der Waals surface area contributed by atoms with Crippen LogP contribution >= 0.6 is 17.0 Å². The molecule has 1 fully saturated rings. The van der Waals surface area contributed by atoms with Crippen LogP contribution in [0.3, 0.4) is 0 Å². The number of likely N-dealkylation sites (tertiary alicyclic amines) is 1. The molecule has 6 heteroatoms. The zero-order valence-corrected chi connectivity index (χ0v) is 27.1. The highest BCUT2D eigenvalue weighted by Crippen LogP contribution is 2.40. The molecule has 5 nitrogen and oxygen atoms in total. The lowest BCUT2D eigenvalue weighted by atomic mass is 9.78. The van der Waals surface area contributed by atoms with Crippen molar-refractivity contribution < 1.29 is 14.6 Å². The van der Waals surface area contributed by atoms with Gasteiger partial charge >= 0.3 is 0 Å². The second-order valence-corrected chi connectivity index (χ2v) is 13.2. The average Bonchev–Trinajstić information content (AvgIpc) is 3.06. The van der Waals surface area contributed by atoms with Crippen LogP contribution < -0.4 is 4.74 Å². The predicted molar refractivity (Wildman–Crippen MR) is 167 cm³/mol. The summed E-state index contributed by atoms with van der Waals surface area (Å²) >= 11 is 0. The van der Waals surface area contributed by atoms with E-state index in [-0.39, 0.29) is 64.0 Å². The summed E-state index contributed by atoms with van der Waals surface area (Å²) in [6, 6.07) is 12.1. The molecule has 1 heterocycles. The summed E-state index contributed by atoms with van der Waals surface area (Å²) in [5, 5.41) is 20.1. The summed E-state index contributed by atoms with van der Waals surface area (Å²) < 4.78 is 5.88. The molecular formula is C33H49BrN2O3. The van der Waals surface area contributed by atoms with E-state index in [1.54, 1.807) is 0 Å². The van der Waals surface area contributed by atoms with Crippen LogP contribution in [-0.2, 0) is 17.3 Å². The minimum atomic E-state index is -0.301. The van der Waals surface area contributed by atoms with E-state index in [0.717, 1.165) is 48.1 Å². The number of phenols is 1. The van der Waals surface area contributed by atoms with Crippen LogP contribution in [0.5, 0.6) is 11.5 Å². The van der Waals surface area contributed by atoms with Crippen LogP contribution in [0.4, 0.5) is 0 Å². The Morgan fingerprint density at radius 1 is 1.08 bits per heavy atom. The number of rotatable bonds is 9. The smallest absolute Gasteiger partial charge is 0.182 e. The molecule has 0 radical (unpaired) electrons. The zero-order valence-electron chi connectivity index (χ0n) is 25.4. The van der Waals surface area contributed by atoms with Crippen LogP contribution in [0.2, 0.25) is 0 Å². The van der Waals surface area contributed by atoms with Crippen LogP contribution in [-0.4, -0.2) is 40.3 Å². The van der Waals surface area contributed by atoms with Crippen LogP contribution in [0.15, 0.2) is 36.4 Å². The Kier molecular flexibility index (Phi) is 10.9. The molecule has 216 valence electrons. The van der Waals surface area contributed by atoms with Crippen LogP contribution in [0.25, 0.3) is 0 Å². The van der Waals surface area contributed by atoms with Crippen molar-refractivity contribution in [3.05, 3.63) is 58.7 Å². The first-order chi connectivity index (χ1) is 17.6. The molecule has 0 amide bonds. The van der Waals surface area contributed by atoms with Gasteiger partial charge in [-0.2, -0.15) is 0 Å². The first-order valence-electron chi connectivity index (χ1n) is 14.1. The van der Waals surface area contributed by atoms with Crippen molar-refractivity contribution in [2.24, 2.45) is 5.92 Å². The number of nitrogens with one attached hydrogen (secondary N) is 1. The number of carbonyl (C=O) groups excluding carboxylic acids is 1. The maximum absolute atomic E-state index is 13.7. The number of ether oxygens (including phenoxy) is 1. The molecule has 2 aromatic rings. The van der Waals surface area contributed by atoms with E-state index < -0.39 is 0 Å². The second kappa shape index (κ2) is 12.9. The molecule has 3 rings (SSSR count). The van der Waals surface area contributed by atoms with E-state index in [9.17, 15) is 9.90 Å². The number of hydrogen-bond donors (Lipinski definition) is 2. The molecule has 2 unspecified atom stereocenters. The summed E-state index contributed by atoms with van der Waals surface area (Å²) in [4.78, 5) is 15.8. The van der Waals surface area contributed by atoms with Gasteiger partial charge in [-0.15, -0.1) is 17.0 Å². The number of phenolic OH excluding ortho intramolecular Hbond substituents is 1. The van der Waals surface area contributed by atoms with Crippen LogP contribution in [0, 0.1) is 11.3 Å². The Balaban J connectivity index is 0.00000533. The van der Waals surface area contributed by atoms with Gasteiger partial charge < -0.3 is 14.7 Å². The van der Waals surface area contributed by atoms with Crippen molar-refractivity contribution in [3.63, 3.8) is 0 Å². The summed E-state index contributed by atoms with van der Waals surface area (Å²) in [6.07, 6.45) is 3.72. The van der Waals surface area contributed by atoms with Gasteiger partial charge in [-0.25, -0.2) is 0 Å². The van der Waals surface area contributed by atoms with E-state index in [1.807, 2.05) is 43.0 Å². The summed E-state index contributed by atoms with van der Waals surface area (Å²) in [5.41, 5.74) is 2.74. The predicted octanol–water partition coefficient (Wildman–Crippen LogP) is 8.25. The topological polar surface area (TPSA) is 73.6 Å². The third-order valence-corrected chi connectivity index (χ3v) is 7.43. The first-order valence-corrected chi connectivity index (χ1v) is 14.1. The number of Topliss-reactive ketones (excluding diaryl/α,β-unsaturated/α-hetero) is 1. The lowest BCUT2D eigenvalue weighted by Gasteiger charge is -2.29. The highest BCUT2D eigenvalue weighted by Gasteiger charge is 2.37. The minimum Gasteiger partial charge on any atom is -0.507 e. The molecule has 2 N–H and O–H groups in total. The van der Waals surface area contributed by atoms with Crippen LogP contribution in [0.1, 0.15) is 109 Å². The first kappa shape index (κ1) is 32.9. The number of carbonyl (C=O) groups is 1.